The Labute approximate surface area is 281 Å². The van der Waals surface area contributed by atoms with Crippen molar-refractivity contribution >= 4 is 80.8 Å². The lowest BCUT2D eigenvalue weighted by atomic mass is 10.0. The molecular formula is C44H27N3S. The van der Waals surface area contributed by atoms with Gasteiger partial charge in [0, 0.05) is 53.2 Å². The Morgan fingerprint density at radius 2 is 1.06 bits per heavy atom. The van der Waals surface area contributed by atoms with Gasteiger partial charge in [-0.1, -0.05) is 78.9 Å². The molecule has 0 N–H and O–H groups in total. The van der Waals surface area contributed by atoms with Gasteiger partial charge >= 0.3 is 0 Å². The van der Waals surface area contributed by atoms with Crippen LogP contribution in [0.2, 0.25) is 0 Å². The van der Waals surface area contributed by atoms with Gasteiger partial charge in [-0.15, -0.1) is 11.3 Å². The zero-order valence-electron chi connectivity index (χ0n) is 26.1. The molecule has 0 bridgehead atoms. The van der Waals surface area contributed by atoms with Crippen LogP contribution >= 0.6 is 11.3 Å². The average molecular weight is 630 g/mol. The Hall–Kier alpha value is -6.15. The Bertz CT molecular complexity index is 2980. The van der Waals surface area contributed by atoms with Crippen molar-refractivity contribution in [3.8, 4) is 22.5 Å². The summed E-state index contributed by atoms with van der Waals surface area (Å²) in [4.78, 5) is 3.86. The van der Waals surface area contributed by atoms with Crippen molar-refractivity contribution in [1.29, 1.82) is 0 Å². The molecule has 10 rings (SSSR count). The Balaban J connectivity index is 1.15. The van der Waals surface area contributed by atoms with Gasteiger partial charge in [0.05, 0.1) is 23.1 Å². The highest BCUT2D eigenvalue weighted by atomic mass is 32.1. The molecule has 224 valence electrons. The predicted octanol–water partition coefficient (Wildman–Crippen LogP) is 12.8. The van der Waals surface area contributed by atoms with Crippen LogP contribution in [0, 0.1) is 13.5 Å². The SMILES string of the molecule is [C-]#[N+]c1cccc2c1c1ccccc1n2-c1cccc(-c2ccc3sc4ccc(-n5c6ccccc6c6c(C)cccc65)cc4c3c2)c1. The summed E-state index contributed by atoms with van der Waals surface area (Å²) in [5.41, 5.74) is 11.2. The van der Waals surface area contributed by atoms with Crippen LogP contribution in [0.25, 0.3) is 91.1 Å². The molecule has 0 saturated heterocycles. The Morgan fingerprint density at radius 1 is 0.479 bits per heavy atom. The number of aryl methyl sites for hydroxylation is 1. The number of hydrogen-bond acceptors (Lipinski definition) is 1. The van der Waals surface area contributed by atoms with Gasteiger partial charge in [0.2, 0.25) is 0 Å². The quantitative estimate of drug-likeness (QED) is 0.173. The van der Waals surface area contributed by atoms with E-state index in [0.717, 1.165) is 33.1 Å². The van der Waals surface area contributed by atoms with Crippen LogP contribution in [0.15, 0.2) is 146 Å². The van der Waals surface area contributed by atoms with Crippen molar-refractivity contribution in [2.24, 2.45) is 0 Å². The molecule has 48 heavy (non-hydrogen) atoms. The number of aromatic nitrogens is 2. The first kappa shape index (κ1) is 27.0. The molecule has 10 aromatic rings. The van der Waals surface area contributed by atoms with Gasteiger partial charge in [0.25, 0.3) is 0 Å². The van der Waals surface area contributed by atoms with Gasteiger partial charge in [-0.2, -0.15) is 0 Å². The summed E-state index contributed by atoms with van der Waals surface area (Å²) >= 11 is 1.85. The van der Waals surface area contributed by atoms with Crippen LogP contribution in [-0.2, 0) is 0 Å². The van der Waals surface area contributed by atoms with E-state index in [2.05, 4.69) is 154 Å². The number of para-hydroxylation sites is 2. The molecular weight excluding hydrogens is 603 g/mol. The number of nitrogens with zero attached hydrogens (tertiary/aromatic N) is 3. The van der Waals surface area contributed by atoms with E-state index in [1.807, 2.05) is 23.5 Å². The van der Waals surface area contributed by atoms with E-state index in [0.29, 0.717) is 5.69 Å². The molecule has 0 atom stereocenters. The third-order valence-corrected chi connectivity index (χ3v) is 11.0. The van der Waals surface area contributed by atoms with E-state index in [9.17, 15) is 0 Å². The van der Waals surface area contributed by atoms with Crippen LogP contribution in [-0.4, -0.2) is 9.13 Å². The van der Waals surface area contributed by atoms with E-state index in [-0.39, 0.29) is 0 Å². The van der Waals surface area contributed by atoms with E-state index in [4.69, 9.17) is 6.57 Å². The van der Waals surface area contributed by atoms with E-state index >= 15 is 0 Å². The second-order valence-corrected chi connectivity index (χ2v) is 13.6. The van der Waals surface area contributed by atoms with Crippen molar-refractivity contribution in [1.82, 2.24) is 9.13 Å². The number of thiophene rings is 1. The first-order valence-corrected chi connectivity index (χ1v) is 17.0. The molecule has 3 nitrogen and oxygen atoms in total. The van der Waals surface area contributed by atoms with Crippen molar-refractivity contribution in [3.63, 3.8) is 0 Å². The van der Waals surface area contributed by atoms with Gasteiger partial charge in [-0.25, -0.2) is 4.85 Å². The molecule has 4 heteroatoms. The molecule has 0 amide bonds. The minimum Gasteiger partial charge on any atom is -0.311 e. The largest absolute Gasteiger partial charge is 0.311 e. The number of fused-ring (bicyclic) bond motifs is 9. The standard InChI is InChI=1S/C44H27N3S/c1-27-10-7-18-39-43(27)32-13-3-5-16-37(32)47(39)31-21-23-42-35(26-31)34-25-29(20-22-41(34)48-42)28-11-8-12-30(24-28)46-38-17-6-4-14-33(38)44-36(45-2)15-9-19-40(44)46/h3-26H,1H3. The molecule has 3 aromatic heterocycles. The molecule has 3 heterocycles. The molecule has 0 aliphatic carbocycles. The van der Waals surface area contributed by atoms with E-state index in [1.54, 1.807) is 0 Å². The molecule has 0 radical (unpaired) electrons. The van der Waals surface area contributed by atoms with Crippen molar-refractivity contribution in [2.45, 2.75) is 6.92 Å². The number of hydrogen-bond donors (Lipinski definition) is 0. The maximum Gasteiger partial charge on any atom is 0.197 e. The lowest BCUT2D eigenvalue weighted by Gasteiger charge is -2.11. The molecule has 0 unspecified atom stereocenters. The lowest BCUT2D eigenvalue weighted by Crippen LogP contribution is -1.94. The molecule has 0 saturated carbocycles. The van der Waals surface area contributed by atoms with Crippen LogP contribution in [0.4, 0.5) is 5.69 Å². The van der Waals surface area contributed by atoms with Gasteiger partial charge in [-0.05, 0) is 95.7 Å². The van der Waals surface area contributed by atoms with Crippen molar-refractivity contribution in [2.75, 3.05) is 0 Å². The average Bonchev–Trinajstić information content (AvgIpc) is 3.79. The summed E-state index contributed by atoms with van der Waals surface area (Å²) in [7, 11) is 0. The third-order valence-electron chi connectivity index (χ3n) is 9.85. The second-order valence-electron chi connectivity index (χ2n) is 12.5. The fraction of sp³-hybridized carbons (Fsp3) is 0.0227. The van der Waals surface area contributed by atoms with Crippen LogP contribution in [0.3, 0.4) is 0 Å². The maximum atomic E-state index is 7.82. The van der Waals surface area contributed by atoms with Gasteiger partial charge in [0.15, 0.2) is 5.69 Å². The first-order valence-electron chi connectivity index (χ1n) is 16.1. The highest BCUT2D eigenvalue weighted by Gasteiger charge is 2.17. The van der Waals surface area contributed by atoms with E-state index in [1.165, 1.54) is 58.8 Å². The monoisotopic (exact) mass is 629 g/mol. The summed E-state index contributed by atoms with van der Waals surface area (Å²) in [5, 5.41) is 7.27. The predicted molar refractivity (Wildman–Crippen MR) is 204 cm³/mol. The summed E-state index contributed by atoms with van der Waals surface area (Å²) in [6.45, 7) is 10.0. The summed E-state index contributed by atoms with van der Waals surface area (Å²) < 4.78 is 7.28. The zero-order chi connectivity index (χ0) is 31.9. The van der Waals surface area contributed by atoms with E-state index < -0.39 is 0 Å². The Kier molecular flexibility index (Phi) is 5.72. The summed E-state index contributed by atoms with van der Waals surface area (Å²) in [6, 6.07) is 52.3. The lowest BCUT2D eigenvalue weighted by molar-refractivity contribution is 1.18. The van der Waals surface area contributed by atoms with Crippen molar-refractivity contribution < 1.29 is 0 Å². The summed E-state index contributed by atoms with van der Waals surface area (Å²) in [6.07, 6.45) is 0. The van der Waals surface area contributed by atoms with Gasteiger partial charge < -0.3 is 9.13 Å². The maximum absolute atomic E-state index is 7.82. The highest BCUT2D eigenvalue weighted by Crippen LogP contribution is 2.41. The van der Waals surface area contributed by atoms with Crippen LogP contribution < -0.4 is 0 Å². The van der Waals surface area contributed by atoms with Crippen LogP contribution in [0.5, 0.6) is 0 Å². The third kappa shape index (κ3) is 3.80. The fourth-order valence-corrected chi connectivity index (χ4v) is 8.82. The zero-order valence-corrected chi connectivity index (χ0v) is 26.9. The normalized spacial score (nSPS) is 11.8. The minimum atomic E-state index is 0.684. The fourth-order valence-electron chi connectivity index (χ4n) is 7.76. The molecule has 7 aromatic carbocycles. The number of benzene rings is 7. The molecule has 0 fully saturated rings. The smallest absolute Gasteiger partial charge is 0.197 e. The topological polar surface area (TPSA) is 14.2 Å². The highest BCUT2D eigenvalue weighted by molar-refractivity contribution is 7.25. The second kappa shape index (κ2) is 10.2. The summed E-state index contributed by atoms with van der Waals surface area (Å²) in [5.74, 6) is 0. The van der Waals surface area contributed by atoms with Gasteiger partial charge in [-0.3, -0.25) is 0 Å². The molecule has 0 spiro atoms. The molecule has 0 aliphatic rings. The van der Waals surface area contributed by atoms with Gasteiger partial charge in [0.1, 0.15) is 0 Å². The first-order chi connectivity index (χ1) is 23.7. The molecule has 0 aliphatic heterocycles. The Morgan fingerprint density at radius 3 is 1.83 bits per heavy atom. The van der Waals surface area contributed by atoms with Crippen LogP contribution in [0.1, 0.15) is 5.56 Å². The van der Waals surface area contributed by atoms with Crippen molar-refractivity contribution in [3.05, 3.63) is 163 Å². The minimum absolute atomic E-state index is 0.684. The number of rotatable bonds is 3.